The Labute approximate surface area is 121 Å². The number of nitrogens with zero attached hydrogens (tertiary/aromatic N) is 1. The number of amides is 1. The summed E-state index contributed by atoms with van der Waals surface area (Å²) in [5.41, 5.74) is 2.49. The molecule has 1 aromatic carbocycles. The second-order valence-electron chi connectivity index (χ2n) is 7.01. The number of benzene rings is 1. The molecule has 0 radical (unpaired) electrons. The standard InChI is InChI=1S/C17H24N2O/c1-16(2,3)13-5-7-14(8-6-13)17-10-9-15(20)19(17)12-4-11-18-17/h5-8,18H,4,9-12H2,1-3H3. The van der Waals surface area contributed by atoms with Gasteiger partial charge >= 0.3 is 0 Å². The van der Waals surface area contributed by atoms with E-state index in [1.165, 1.54) is 11.1 Å². The predicted octanol–water partition coefficient (Wildman–Crippen LogP) is 2.75. The summed E-state index contributed by atoms with van der Waals surface area (Å²) in [6.07, 6.45) is 2.60. The average molecular weight is 272 g/mol. The van der Waals surface area contributed by atoms with Crippen LogP contribution in [0.5, 0.6) is 0 Å². The van der Waals surface area contributed by atoms with Crippen LogP contribution in [0, 0.1) is 0 Å². The molecule has 0 aromatic heterocycles. The smallest absolute Gasteiger partial charge is 0.224 e. The molecule has 0 bridgehead atoms. The fourth-order valence-corrected chi connectivity index (χ4v) is 3.45. The number of rotatable bonds is 1. The molecular formula is C17H24N2O. The van der Waals surface area contributed by atoms with Gasteiger partial charge in [-0.3, -0.25) is 10.1 Å². The zero-order chi connectivity index (χ0) is 14.4. The lowest BCUT2D eigenvalue weighted by atomic mass is 9.85. The van der Waals surface area contributed by atoms with Crippen molar-refractivity contribution in [2.45, 2.75) is 51.1 Å². The Morgan fingerprint density at radius 3 is 2.55 bits per heavy atom. The summed E-state index contributed by atoms with van der Waals surface area (Å²) in [7, 11) is 0. The fourth-order valence-electron chi connectivity index (χ4n) is 3.45. The van der Waals surface area contributed by atoms with E-state index in [1.54, 1.807) is 0 Å². The van der Waals surface area contributed by atoms with Crippen molar-refractivity contribution in [3.8, 4) is 0 Å². The fraction of sp³-hybridized carbons (Fsp3) is 0.588. The zero-order valence-corrected chi connectivity index (χ0v) is 12.7. The largest absolute Gasteiger partial charge is 0.320 e. The molecule has 1 atom stereocenters. The molecule has 0 saturated carbocycles. The van der Waals surface area contributed by atoms with Crippen molar-refractivity contribution in [3.05, 3.63) is 35.4 Å². The number of fused-ring (bicyclic) bond motifs is 1. The number of hydrogen-bond acceptors (Lipinski definition) is 2. The molecule has 2 saturated heterocycles. The molecule has 1 aromatic rings. The van der Waals surface area contributed by atoms with E-state index in [9.17, 15) is 4.79 Å². The average Bonchev–Trinajstić information content (AvgIpc) is 2.77. The van der Waals surface area contributed by atoms with Gasteiger partial charge in [-0.25, -0.2) is 0 Å². The highest BCUT2D eigenvalue weighted by Crippen LogP contribution is 2.39. The highest BCUT2D eigenvalue weighted by Gasteiger charge is 2.47. The second-order valence-corrected chi connectivity index (χ2v) is 7.01. The Kier molecular flexibility index (Phi) is 3.13. The lowest BCUT2D eigenvalue weighted by Gasteiger charge is -2.43. The minimum absolute atomic E-state index is 0.168. The Bertz CT molecular complexity index is 515. The summed E-state index contributed by atoms with van der Waals surface area (Å²) in [6.45, 7) is 8.55. The third-order valence-electron chi connectivity index (χ3n) is 4.67. The monoisotopic (exact) mass is 272 g/mol. The van der Waals surface area contributed by atoms with Crippen LogP contribution in [0.25, 0.3) is 0 Å². The van der Waals surface area contributed by atoms with E-state index in [0.29, 0.717) is 6.42 Å². The summed E-state index contributed by atoms with van der Waals surface area (Å²) >= 11 is 0. The van der Waals surface area contributed by atoms with E-state index in [0.717, 1.165) is 25.9 Å². The van der Waals surface area contributed by atoms with Gasteiger partial charge in [0.25, 0.3) is 0 Å². The normalized spacial score (nSPS) is 26.8. The lowest BCUT2D eigenvalue weighted by Crippen LogP contribution is -2.58. The van der Waals surface area contributed by atoms with Crippen molar-refractivity contribution in [2.24, 2.45) is 0 Å². The van der Waals surface area contributed by atoms with Crippen molar-refractivity contribution < 1.29 is 4.79 Å². The summed E-state index contributed by atoms with van der Waals surface area (Å²) in [6, 6.07) is 8.82. The minimum atomic E-state index is -0.244. The van der Waals surface area contributed by atoms with Gasteiger partial charge in [0.05, 0.1) is 0 Å². The quantitative estimate of drug-likeness (QED) is 0.852. The Balaban J connectivity index is 1.97. The Morgan fingerprint density at radius 2 is 1.90 bits per heavy atom. The number of carbonyl (C=O) groups excluding carboxylic acids is 1. The van der Waals surface area contributed by atoms with Gasteiger partial charge in [-0.15, -0.1) is 0 Å². The van der Waals surface area contributed by atoms with Crippen LogP contribution in [0.4, 0.5) is 0 Å². The molecule has 1 unspecified atom stereocenters. The van der Waals surface area contributed by atoms with Crippen LogP contribution in [-0.2, 0) is 15.9 Å². The summed E-state index contributed by atoms with van der Waals surface area (Å²) in [5, 5.41) is 3.60. The van der Waals surface area contributed by atoms with Crippen molar-refractivity contribution >= 4 is 5.91 Å². The highest BCUT2D eigenvalue weighted by molar-refractivity contribution is 5.80. The lowest BCUT2D eigenvalue weighted by molar-refractivity contribution is -0.133. The topological polar surface area (TPSA) is 32.3 Å². The van der Waals surface area contributed by atoms with Crippen LogP contribution >= 0.6 is 0 Å². The van der Waals surface area contributed by atoms with E-state index in [1.807, 2.05) is 4.90 Å². The van der Waals surface area contributed by atoms with Crippen LogP contribution < -0.4 is 5.32 Å². The highest BCUT2D eigenvalue weighted by atomic mass is 16.2. The Hall–Kier alpha value is -1.35. The van der Waals surface area contributed by atoms with Gasteiger partial charge in [0.15, 0.2) is 0 Å². The van der Waals surface area contributed by atoms with Gasteiger partial charge in [0.2, 0.25) is 5.91 Å². The molecule has 2 aliphatic rings. The van der Waals surface area contributed by atoms with Crippen molar-refractivity contribution in [2.75, 3.05) is 13.1 Å². The van der Waals surface area contributed by atoms with E-state index >= 15 is 0 Å². The van der Waals surface area contributed by atoms with E-state index < -0.39 is 0 Å². The molecule has 108 valence electrons. The molecule has 3 heteroatoms. The third kappa shape index (κ3) is 2.05. The first kappa shape index (κ1) is 13.6. The van der Waals surface area contributed by atoms with Crippen molar-refractivity contribution in [1.29, 1.82) is 0 Å². The van der Waals surface area contributed by atoms with Gasteiger partial charge in [0.1, 0.15) is 5.66 Å². The van der Waals surface area contributed by atoms with Crippen LogP contribution in [0.2, 0.25) is 0 Å². The summed E-state index contributed by atoms with van der Waals surface area (Å²) in [5.74, 6) is 0.289. The molecule has 3 rings (SSSR count). The molecule has 20 heavy (non-hydrogen) atoms. The molecule has 1 N–H and O–H groups in total. The molecule has 0 aliphatic carbocycles. The van der Waals surface area contributed by atoms with Crippen LogP contribution in [0.1, 0.15) is 51.2 Å². The predicted molar refractivity (Wildman–Crippen MR) is 80.4 cm³/mol. The number of hydrogen-bond donors (Lipinski definition) is 1. The SMILES string of the molecule is CC(C)(C)c1ccc(C23CCC(=O)N2CCCN3)cc1. The first-order chi connectivity index (χ1) is 9.43. The third-order valence-corrected chi connectivity index (χ3v) is 4.67. The maximum atomic E-state index is 12.1. The van der Waals surface area contributed by atoms with E-state index in [2.05, 4.69) is 50.4 Å². The van der Waals surface area contributed by atoms with Gasteiger partial charge < -0.3 is 4.90 Å². The number of nitrogens with one attached hydrogen (secondary N) is 1. The Morgan fingerprint density at radius 1 is 1.20 bits per heavy atom. The molecule has 3 nitrogen and oxygen atoms in total. The van der Waals surface area contributed by atoms with Crippen LogP contribution in [0.15, 0.2) is 24.3 Å². The first-order valence-corrected chi connectivity index (χ1v) is 7.60. The molecule has 2 heterocycles. The first-order valence-electron chi connectivity index (χ1n) is 7.60. The minimum Gasteiger partial charge on any atom is -0.320 e. The van der Waals surface area contributed by atoms with Gasteiger partial charge in [0, 0.05) is 13.0 Å². The molecular weight excluding hydrogens is 248 g/mol. The van der Waals surface area contributed by atoms with Crippen molar-refractivity contribution in [3.63, 3.8) is 0 Å². The maximum Gasteiger partial charge on any atom is 0.224 e. The van der Waals surface area contributed by atoms with Crippen LogP contribution in [0.3, 0.4) is 0 Å². The zero-order valence-electron chi connectivity index (χ0n) is 12.7. The molecule has 2 aliphatic heterocycles. The van der Waals surface area contributed by atoms with E-state index in [4.69, 9.17) is 0 Å². The van der Waals surface area contributed by atoms with Gasteiger partial charge in [-0.05, 0) is 35.9 Å². The summed E-state index contributed by atoms with van der Waals surface area (Å²) in [4.78, 5) is 14.1. The molecule has 0 spiro atoms. The van der Waals surface area contributed by atoms with E-state index in [-0.39, 0.29) is 17.0 Å². The second kappa shape index (κ2) is 4.59. The maximum absolute atomic E-state index is 12.1. The van der Waals surface area contributed by atoms with Crippen molar-refractivity contribution in [1.82, 2.24) is 10.2 Å². The molecule has 1 amide bonds. The molecule has 2 fully saturated rings. The van der Waals surface area contributed by atoms with Gasteiger partial charge in [-0.1, -0.05) is 45.0 Å². The van der Waals surface area contributed by atoms with Gasteiger partial charge in [-0.2, -0.15) is 0 Å². The van der Waals surface area contributed by atoms with Crippen LogP contribution in [-0.4, -0.2) is 23.9 Å². The summed E-state index contributed by atoms with van der Waals surface area (Å²) < 4.78 is 0. The number of carbonyl (C=O) groups is 1.